The van der Waals surface area contributed by atoms with Crippen molar-refractivity contribution in [2.75, 3.05) is 38.8 Å². The Morgan fingerprint density at radius 3 is 2.45 bits per heavy atom. The standard InChI is InChI=1S/C24H28N2O5/c1-29-19-11-12-20(22(15-19)30-2)21-5-3-14-26(21)24(28)16-31-18-9-7-17(8-10-18)25-13-4-6-23(25)27/h7-12,15,21H,3-6,13-14,16H2,1-2H3/t21-/m0/s1. The van der Waals surface area contributed by atoms with Crippen LogP contribution in [0.4, 0.5) is 5.69 Å². The average molecular weight is 424 g/mol. The summed E-state index contributed by atoms with van der Waals surface area (Å²) in [6.07, 6.45) is 3.31. The van der Waals surface area contributed by atoms with E-state index in [1.807, 2.05) is 47.4 Å². The molecule has 2 aliphatic rings. The lowest BCUT2D eigenvalue weighted by Crippen LogP contribution is -2.34. The molecule has 0 saturated carbocycles. The van der Waals surface area contributed by atoms with Gasteiger partial charge in [-0.3, -0.25) is 9.59 Å². The zero-order chi connectivity index (χ0) is 21.8. The third-order valence-electron chi connectivity index (χ3n) is 5.96. The summed E-state index contributed by atoms with van der Waals surface area (Å²) in [5, 5.41) is 0. The summed E-state index contributed by atoms with van der Waals surface area (Å²) in [6.45, 7) is 1.41. The number of hydrogen-bond acceptors (Lipinski definition) is 5. The topological polar surface area (TPSA) is 68.3 Å². The van der Waals surface area contributed by atoms with E-state index in [1.54, 1.807) is 19.1 Å². The van der Waals surface area contributed by atoms with Crippen molar-refractivity contribution in [1.82, 2.24) is 4.90 Å². The van der Waals surface area contributed by atoms with Gasteiger partial charge in [0, 0.05) is 36.8 Å². The number of amides is 2. The van der Waals surface area contributed by atoms with Gasteiger partial charge in [0.1, 0.15) is 17.2 Å². The first-order valence-electron chi connectivity index (χ1n) is 10.7. The molecule has 0 aliphatic carbocycles. The highest BCUT2D eigenvalue weighted by Gasteiger charge is 2.32. The second-order valence-electron chi connectivity index (χ2n) is 7.78. The molecule has 0 radical (unpaired) electrons. The molecule has 0 unspecified atom stereocenters. The molecule has 0 N–H and O–H groups in total. The van der Waals surface area contributed by atoms with E-state index in [9.17, 15) is 9.59 Å². The number of ether oxygens (including phenoxy) is 3. The van der Waals surface area contributed by atoms with Crippen molar-refractivity contribution in [3.63, 3.8) is 0 Å². The van der Waals surface area contributed by atoms with Gasteiger partial charge in [-0.25, -0.2) is 0 Å². The Morgan fingerprint density at radius 2 is 1.77 bits per heavy atom. The molecule has 0 aromatic heterocycles. The lowest BCUT2D eigenvalue weighted by Gasteiger charge is -2.26. The summed E-state index contributed by atoms with van der Waals surface area (Å²) < 4.78 is 16.6. The van der Waals surface area contributed by atoms with Gasteiger partial charge in [-0.15, -0.1) is 0 Å². The van der Waals surface area contributed by atoms with Crippen LogP contribution < -0.4 is 19.1 Å². The largest absolute Gasteiger partial charge is 0.497 e. The van der Waals surface area contributed by atoms with Crippen molar-refractivity contribution in [2.24, 2.45) is 0 Å². The van der Waals surface area contributed by atoms with E-state index in [4.69, 9.17) is 14.2 Å². The molecule has 2 heterocycles. The zero-order valence-corrected chi connectivity index (χ0v) is 18.0. The van der Waals surface area contributed by atoms with Gasteiger partial charge in [0.05, 0.1) is 20.3 Å². The Hall–Kier alpha value is -3.22. The van der Waals surface area contributed by atoms with Crippen molar-refractivity contribution in [3.05, 3.63) is 48.0 Å². The Balaban J connectivity index is 1.40. The monoisotopic (exact) mass is 424 g/mol. The van der Waals surface area contributed by atoms with E-state index in [0.29, 0.717) is 18.7 Å². The maximum Gasteiger partial charge on any atom is 0.261 e. The molecule has 164 valence electrons. The lowest BCUT2D eigenvalue weighted by atomic mass is 10.0. The summed E-state index contributed by atoms with van der Waals surface area (Å²) in [4.78, 5) is 28.5. The first kappa shape index (κ1) is 21.0. The highest BCUT2D eigenvalue weighted by molar-refractivity contribution is 5.95. The number of benzene rings is 2. The molecule has 2 saturated heterocycles. The molecule has 7 nitrogen and oxygen atoms in total. The summed E-state index contributed by atoms with van der Waals surface area (Å²) in [5.74, 6) is 2.15. The van der Waals surface area contributed by atoms with E-state index >= 15 is 0 Å². The van der Waals surface area contributed by atoms with Crippen molar-refractivity contribution in [2.45, 2.75) is 31.7 Å². The molecule has 0 bridgehead atoms. The van der Waals surface area contributed by atoms with E-state index in [1.165, 1.54) is 0 Å². The maximum atomic E-state index is 12.9. The van der Waals surface area contributed by atoms with Crippen LogP contribution in [0.5, 0.6) is 17.2 Å². The van der Waals surface area contributed by atoms with Gasteiger partial charge >= 0.3 is 0 Å². The SMILES string of the molecule is COc1ccc([C@@H]2CCCN2C(=O)COc2ccc(N3CCCC3=O)cc2)c(OC)c1. The van der Waals surface area contributed by atoms with E-state index in [-0.39, 0.29) is 24.5 Å². The molecule has 2 aliphatic heterocycles. The number of rotatable bonds is 7. The first-order chi connectivity index (χ1) is 15.1. The number of likely N-dealkylation sites (tertiary alicyclic amines) is 1. The smallest absolute Gasteiger partial charge is 0.261 e. The Labute approximate surface area is 182 Å². The van der Waals surface area contributed by atoms with Gasteiger partial charge < -0.3 is 24.0 Å². The Morgan fingerprint density at radius 1 is 1.00 bits per heavy atom. The highest BCUT2D eigenvalue weighted by atomic mass is 16.5. The number of methoxy groups -OCH3 is 2. The Kier molecular flexibility index (Phi) is 6.30. The summed E-state index contributed by atoms with van der Waals surface area (Å²) in [6, 6.07) is 13.0. The predicted molar refractivity (Wildman–Crippen MR) is 117 cm³/mol. The normalized spacial score (nSPS) is 18.4. The fourth-order valence-corrected chi connectivity index (χ4v) is 4.35. The number of carbonyl (C=O) groups excluding carboxylic acids is 2. The lowest BCUT2D eigenvalue weighted by molar-refractivity contribution is -0.134. The van der Waals surface area contributed by atoms with Crippen molar-refractivity contribution >= 4 is 17.5 Å². The van der Waals surface area contributed by atoms with Gasteiger partial charge in [0.15, 0.2) is 6.61 Å². The minimum Gasteiger partial charge on any atom is -0.497 e. The average Bonchev–Trinajstić information content (AvgIpc) is 3.46. The number of carbonyl (C=O) groups is 2. The van der Waals surface area contributed by atoms with Crippen molar-refractivity contribution < 1.29 is 23.8 Å². The van der Waals surface area contributed by atoms with E-state index in [0.717, 1.165) is 48.6 Å². The molecular formula is C24H28N2O5. The molecular weight excluding hydrogens is 396 g/mol. The molecule has 2 aromatic carbocycles. The summed E-state index contributed by atoms with van der Waals surface area (Å²) in [7, 11) is 3.24. The summed E-state index contributed by atoms with van der Waals surface area (Å²) >= 11 is 0. The van der Waals surface area contributed by atoms with Gasteiger partial charge in [-0.2, -0.15) is 0 Å². The van der Waals surface area contributed by atoms with Crippen LogP contribution in [0, 0.1) is 0 Å². The number of hydrogen-bond donors (Lipinski definition) is 0. The van der Waals surface area contributed by atoms with E-state index < -0.39 is 0 Å². The Bertz CT molecular complexity index is 943. The second kappa shape index (κ2) is 9.29. The number of anilines is 1. The molecule has 2 aromatic rings. The molecule has 31 heavy (non-hydrogen) atoms. The van der Waals surface area contributed by atoms with Crippen LogP contribution >= 0.6 is 0 Å². The number of nitrogens with zero attached hydrogens (tertiary/aromatic N) is 2. The molecule has 4 rings (SSSR count). The minimum atomic E-state index is -0.0563. The van der Waals surface area contributed by atoms with Gasteiger partial charge in [-0.05, 0) is 55.7 Å². The fraction of sp³-hybridized carbons (Fsp3) is 0.417. The zero-order valence-electron chi connectivity index (χ0n) is 18.0. The molecule has 2 amide bonds. The van der Waals surface area contributed by atoms with Gasteiger partial charge in [0.25, 0.3) is 5.91 Å². The van der Waals surface area contributed by atoms with Crippen LogP contribution in [0.1, 0.15) is 37.3 Å². The predicted octanol–water partition coefficient (Wildman–Crippen LogP) is 3.57. The van der Waals surface area contributed by atoms with Crippen LogP contribution in [0.3, 0.4) is 0 Å². The summed E-state index contributed by atoms with van der Waals surface area (Å²) in [5.41, 5.74) is 1.85. The first-order valence-corrected chi connectivity index (χ1v) is 10.7. The maximum absolute atomic E-state index is 12.9. The fourth-order valence-electron chi connectivity index (χ4n) is 4.35. The molecule has 0 spiro atoms. The highest BCUT2D eigenvalue weighted by Crippen LogP contribution is 2.38. The second-order valence-corrected chi connectivity index (χ2v) is 7.78. The van der Waals surface area contributed by atoms with Crippen LogP contribution in [0.25, 0.3) is 0 Å². The van der Waals surface area contributed by atoms with Crippen molar-refractivity contribution in [1.29, 1.82) is 0 Å². The quantitative estimate of drug-likeness (QED) is 0.680. The molecule has 7 heteroatoms. The third kappa shape index (κ3) is 4.45. The van der Waals surface area contributed by atoms with E-state index in [2.05, 4.69) is 0 Å². The van der Waals surface area contributed by atoms with Gasteiger partial charge in [-0.1, -0.05) is 0 Å². The minimum absolute atomic E-state index is 0.0308. The van der Waals surface area contributed by atoms with Crippen LogP contribution in [-0.2, 0) is 9.59 Å². The third-order valence-corrected chi connectivity index (χ3v) is 5.96. The van der Waals surface area contributed by atoms with Crippen LogP contribution in [-0.4, -0.2) is 50.6 Å². The van der Waals surface area contributed by atoms with Crippen LogP contribution in [0.15, 0.2) is 42.5 Å². The molecule has 1 atom stereocenters. The van der Waals surface area contributed by atoms with Crippen LogP contribution in [0.2, 0.25) is 0 Å². The molecule has 2 fully saturated rings. The van der Waals surface area contributed by atoms with Crippen molar-refractivity contribution in [3.8, 4) is 17.2 Å². The van der Waals surface area contributed by atoms with Gasteiger partial charge in [0.2, 0.25) is 5.91 Å².